The van der Waals surface area contributed by atoms with Crippen molar-refractivity contribution in [2.45, 2.75) is 13.8 Å². The largest absolute Gasteiger partial charge is 0.322 e. The van der Waals surface area contributed by atoms with Crippen LogP contribution < -0.4 is 5.32 Å². The third-order valence-electron chi connectivity index (χ3n) is 3.26. The van der Waals surface area contributed by atoms with Crippen molar-refractivity contribution in [1.29, 1.82) is 0 Å². The minimum absolute atomic E-state index is 0.121. The van der Waals surface area contributed by atoms with Crippen LogP contribution >= 0.6 is 15.9 Å². The average molecular weight is 349 g/mol. The molecule has 21 heavy (non-hydrogen) atoms. The molecule has 0 aromatic heterocycles. The van der Waals surface area contributed by atoms with Crippen LogP contribution in [0.2, 0.25) is 0 Å². The number of hydrogen-bond acceptors (Lipinski definition) is 3. The Bertz CT molecular complexity index is 729. The molecule has 0 aliphatic rings. The van der Waals surface area contributed by atoms with Gasteiger partial charge in [0.2, 0.25) is 0 Å². The van der Waals surface area contributed by atoms with Gasteiger partial charge in [-0.3, -0.25) is 14.9 Å². The van der Waals surface area contributed by atoms with Crippen molar-refractivity contribution < 1.29 is 9.72 Å². The molecular weight excluding hydrogens is 336 g/mol. The Hall–Kier alpha value is -2.21. The molecule has 0 fully saturated rings. The number of anilines is 1. The summed E-state index contributed by atoms with van der Waals surface area (Å²) in [4.78, 5) is 22.6. The van der Waals surface area contributed by atoms with E-state index in [4.69, 9.17) is 0 Å². The smallest absolute Gasteiger partial charge is 0.270 e. The van der Waals surface area contributed by atoms with Gasteiger partial charge >= 0.3 is 0 Å². The molecule has 0 heterocycles. The van der Waals surface area contributed by atoms with E-state index < -0.39 is 4.92 Å². The zero-order chi connectivity index (χ0) is 15.6. The monoisotopic (exact) mass is 348 g/mol. The maximum atomic E-state index is 12.3. The molecule has 0 aliphatic carbocycles. The van der Waals surface area contributed by atoms with Gasteiger partial charge < -0.3 is 5.32 Å². The topological polar surface area (TPSA) is 72.2 Å². The number of benzene rings is 2. The van der Waals surface area contributed by atoms with Crippen molar-refractivity contribution in [2.24, 2.45) is 0 Å². The fraction of sp³-hybridized carbons (Fsp3) is 0.133. The Morgan fingerprint density at radius 1 is 1.24 bits per heavy atom. The van der Waals surface area contributed by atoms with Crippen molar-refractivity contribution in [2.75, 3.05) is 5.32 Å². The highest BCUT2D eigenvalue weighted by Gasteiger charge is 2.16. The standard InChI is InChI=1S/C15H13BrN2O3/c1-9-4-3-5-14(10(9)2)17-15(19)12-8-11(18(20)21)6-7-13(12)16/h3-8H,1-2H3,(H,17,19). The van der Waals surface area contributed by atoms with Crippen molar-refractivity contribution in [3.8, 4) is 0 Å². The molecule has 0 saturated heterocycles. The van der Waals surface area contributed by atoms with E-state index in [2.05, 4.69) is 21.2 Å². The summed E-state index contributed by atoms with van der Waals surface area (Å²) in [6.45, 7) is 3.86. The van der Waals surface area contributed by atoms with Crippen LogP contribution in [0.3, 0.4) is 0 Å². The SMILES string of the molecule is Cc1cccc(NC(=O)c2cc([N+](=O)[O-])ccc2Br)c1C. The van der Waals surface area contributed by atoms with E-state index in [0.717, 1.165) is 11.1 Å². The van der Waals surface area contributed by atoms with Crippen molar-refractivity contribution in [3.63, 3.8) is 0 Å². The fourth-order valence-corrected chi connectivity index (χ4v) is 2.30. The summed E-state index contributed by atoms with van der Waals surface area (Å²) < 4.78 is 0.510. The van der Waals surface area contributed by atoms with E-state index in [1.165, 1.54) is 18.2 Å². The molecule has 0 unspecified atom stereocenters. The molecule has 0 radical (unpaired) electrons. The van der Waals surface area contributed by atoms with Crippen molar-refractivity contribution >= 4 is 33.2 Å². The molecular formula is C15H13BrN2O3. The van der Waals surface area contributed by atoms with Gasteiger partial charge in [-0.15, -0.1) is 0 Å². The number of nitro groups is 1. The maximum absolute atomic E-state index is 12.3. The second-order valence-corrected chi connectivity index (χ2v) is 5.48. The Labute approximate surface area is 130 Å². The molecule has 1 amide bonds. The zero-order valence-electron chi connectivity index (χ0n) is 11.5. The van der Waals surface area contributed by atoms with Crippen LogP contribution in [-0.2, 0) is 0 Å². The second-order valence-electron chi connectivity index (χ2n) is 4.62. The number of halogens is 1. The van der Waals surface area contributed by atoms with E-state index >= 15 is 0 Å². The molecule has 2 aromatic rings. The lowest BCUT2D eigenvalue weighted by atomic mass is 10.1. The number of carbonyl (C=O) groups is 1. The molecule has 2 aromatic carbocycles. The lowest BCUT2D eigenvalue weighted by Gasteiger charge is -2.11. The van der Waals surface area contributed by atoms with Crippen LogP contribution in [0.4, 0.5) is 11.4 Å². The number of nitro benzene ring substituents is 1. The maximum Gasteiger partial charge on any atom is 0.270 e. The van der Waals surface area contributed by atoms with Gasteiger partial charge in [-0.05, 0) is 53.0 Å². The van der Waals surface area contributed by atoms with Gasteiger partial charge in [0.05, 0.1) is 10.5 Å². The summed E-state index contributed by atoms with van der Waals surface area (Å²) in [6, 6.07) is 9.69. The Morgan fingerprint density at radius 2 is 1.95 bits per heavy atom. The first-order valence-electron chi connectivity index (χ1n) is 6.21. The number of nitrogens with one attached hydrogen (secondary N) is 1. The molecule has 108 valence electrons. The molecule has 0 saturated carbocycles. The van der Waals surface area contributed by atoms with Crippen LogP contribution in [0.1, 0.15) is 21.5 Å². The summed E-state index contributed by atoms with van der Waals surface area (Å²) in [5.41, 5.74) is 2.83. The third-order valence-corrected chi connectivity index (χ3v) is 3.95. The second kappa shape index (κ2) is 6.05. The number of aryl methyl sites for hydroxylation is 1. The predicted octanol–water partition coefficient (Wildman–Crippen LogP) is 4.23. The van der Waals surface area contributed by atoms with Gasteiger partial charge in [0.15, 0.2) is 0 Å². The van der Waals surface area contributed by atoms with Gasteiger partial charge in [0.25, 0.3) is 11.6 Å². The van der Waals surface area contributed by atoms with Crippen LogP contribution in [0, 0.1) is 24.0 Å². The van der Waals surface area contributed by atoms with E-state index in [9.17, 15) is 14.9 Å². The lowest BCUT2D eigenvalue weighted by Crippen LogP contribution is -2.14. The van der Waals surface area contributed by atoms with E-state index in [1.807, 2.05) is 26.0 Å². The van der Waals surface area contributed by atoms with Gasteiger partial charge in [-0.2, -0.15) is 0 Å². The van der Waals surface area contributed by atoms with Crippen molar-refractivity contribution in [3.05, 3.63) is 67.7 Å². The first-order valence-corrected chi connectivity index (χ1v) is 7.01. The van der Waals surface area contributed by atoms with Crippen LogP contribution in [0.5, 0.6) is 0 Å². The van der Waals surface area contributed by atoms with Gasteiger partial charge in [0, 0.05) is 22.3 Å². The quantitative estimate of drug-likeness (QED) is 0.666. The minimum atomic E-state index is -0.527. The number of hydrogen-bond donors (Lipinski definition) is 1. The summed E-state index contributed by atoms with van der Waals surface area (Å²) in [7, 11) is 0. The summed E-state index contributed by atoms with van der Waals surface area (Å²) in [5, 5.41) is 13.6. The predicted molar refractivity (Wildman–Crippen MR) is 84.7 cm³/mol. The molecule has 2 rings (SSSR count). The number of amides is 1. The number of rotatable bonds is 3. The zero-order valence-corrected chi connectivity index (χ0v) is 13.1. The summed E-state index contributed by atoms with van der Waals surface area (Å²) in [5.74, 6) is -0.390. The lowest BCUT2D eigenvalue weighted by molar-refractivity contribution is -0.384. The molecule has 1 N–H and O–H groups in total. The van der Waals surface area contributed by atoms with Gasteiger partial charge in [0.1, 0.15) is 0 Å². The summed E-state index contributed by atoms with van der Waals surface area (Å²) >= 11 is 3.24. The van der Waals surface area contributed by atoms with Crippen LogP contribution in [0.25, 0.3) is 0 Å². The van der Waals surface area contributed by atoms with Gasteiger partial charge in [-0.25, -0.2) is 0 Å². The Kier molecular flexibility index (Phi) is 4.37. The molecule has 0 aliphatic heterocycles. The van der Waals surface area contributed by atoms with Crippen molar-refractivity contribution in [1.82, 2.24) is 0 Å². The van der Waals surface area contributed by atoms with Crippen LogP contribution in [-0.4, -0.2) is 10.8 Å². The number of non-ortho nitro benzene ring substituents is 1. The normalized spacial score (nSPS) is 10.2. The van der Waals surface area contributed by atoms with Gasteiger partial charge in [-0.1, -0.05) is 12.1 Å². The Balaban J connectivity index is 2.34. The highest BCUT2D eigenvalue weighted by molar-refractivity contribution is 9.10. The van der Waals surface area contributed by atoms with Crippen LogP contribution in [0.15, 0.2) is 40.9 Å². The van der Waals surface area contributed by atoms with E-state index in [1.54, 1.807) is 6.07 Å². The van der Waals surface area contributed by atoms with E-state index in [0.29, 0.717) is 10.2 Å². The average Bonchev–Trinajstić information content (AvgIpc) is 2.44. The fourth-order valence-electron chi connectivity index (χ4n) is 1.88. The first kappa shape index (κ1) is 15.2. The molecule has 0 bridgehead atoms. The summed E-state index contributed by atoms with van der Waals surface area (Å²) in [6.07, 6.45) is 0. The Morgan fingerprint density at radius 3 is 2.62 bits per heavy atom. The third kappa shape index (κ3) is 3.28. The van der Waals surface area contributed by atoms with E-state index in [-0.39, 0.29) is 17.2 Å². The molecule has 6 heteroatoms. The number of nitrogens with zero attached hydrogens (tertiary/aromatic N) is 1. The first-order chi connectivity index (χ1) is 9.90. The molecule has 5 nitrogen and oxygen atoms in total. The minimum Gasteiger partial charge on any atom is -0.322 e. The molecule has 0 spiro atoms. The number of carbonyl (C=O) groups excluding carboxylic acids is 1. The highest BCUT2D eigenvalue weighted by Crippen LogP contribution is 2.25. The molecule has 0 atom stereocenters. The highest BCUT2D eigenvalue weighted by atomic mass is 79.9.